The fraction of sp³-hybridized carbons (Fsp3) is 0.556. The summed E-state index contributed by atoms with van der Waals surface area (Å²) in [7, 11) is 0. The van der Waals surface area contributed by atoms with E-state index in [1.54, 1.807) is 0 Å². The monoisotopic (exact) mass is 314 g/mol. The third kappa shape index (κ3) is 3.91. The number of hydrogen-bond donors (Lipinski definition) is 2. The first-order valence-electron chi connectivity index (χ1n) is 8.62. The molecule has 0 aliphatic carbocycles. The number of carbonyl (C=O) groups is 1. The van der Waals surface area contributed by atoms with Crippen LogP contribution in [0.25, 0.3) is 11.0 Å². The second kappa shape index (κ2) is 7.13. The Kier molecular flexibility index (Phi) is 4.96. The molecule has 5 heteroatoms. The molecule has 2 aromatic rings. The Balaban J connectivity index is 1.52. The van der Waals surface area contributed by atoms with Gasteiger partial charge in [-0.05, 0) is 69.9 Å². The van der Waals surface area contributed by atoms with Crippen LogP contribution in [0.5, 0.6) is 0 Å². The molecule has 1 aromatic heterocycles. The Hall–Kier alpha value is -1.88. The summed E-state index contributed by atoms with van der Waals surface area (Å²) < 4.78 is 0. The summed E-state index contributed by atoms with van der Waals surface area (Å²) in [5, 5.41) is 3.10. The van der Waals surface area contributed by atoms with E-state index in [1.807, 2.05) is 25.1 Å². The molecule has 0 unspecified atom stereocenters. The molecule has 0 saturated carbocycles. The zero-order chi connectivity index (χ0) is 16.2. The van der Waals surface area contributed by atoms with Gasteiger partial charge < -0.3 is 15.2 Å². The van der Waals surface area contributed by atoms with Crippen molar-refractivity contribution >= 4 is 16.9 Å². The molecule has 1 aliphatic heterocycles. The largest absolute Gasteiger partial charge is 0.352 e. The van der Waals surface area contributed by atoms with Gasteiger partial charge in [-0.15, -0.1) is 0 Å². The second-order valence-corrected chi connectivity index (χ2v) is 6.55. The molecule has 0 atom stereocenters. The number of aromatic nitrogens is 2. The Morgan fingerprint density at radius 3 is 2.91 bits per heavy atom. The van der Waals surface area contributed by atoms with Crippen molar-refractivity contribution in [2.24, 2.45) is 5.92 Å². The van der Waals surface area contributed by atoms with Crippen molar-refractivity contribution in [1.82, 2.24) is 20.2 Å². The van der Waals surface area contributed by atoms with E-state index in [2.05, 4.69) is 27.1 Å². The number of benzene rings is 1. The van der Waals surface area contributed by atoms with E-state index in [0.717, 1.165) is 36.5 Å². The summed E-state index contributed by atoms with van der Waals surface area (Å²) in [6, 6.07) is 5.63. The van der Waals surface area contributed by atoms with Gasteiger partial charge in [0.05, 0.1) is 11.0 Å². The number of hydrogen-bond acceptors (Lipinski definition) is 3. The number of carbonyl (C=O) groups excluding carboxylic acids is 1. The first-order chi connectivity index (χ1) is 11.2. The molecular weight excluding hydrogens is 288 g/mol. The van der Waals surface area contributed by atoms with Gasteiger partial charge in [0.25, 0.3) is 5.91 Å². The van der Waals surface area contributed by atoms with Crippen LogP contribution < -0.4 is 5.32 Å². The van der Waals surface area contributed by atoms with E-state index >= 15 is 0 Å². The lowest BCUT2D eigenvalue weighted by atomic mass is 9.96. The number of aromatic amines is 1. The van der Waals surface area contributed by atoms with Gasteiger partial charge in [-0.3, -0.25) is 4.79 Å². The van der Waals surface area contributed by atoms with Crippen molar-refractivity contribution in [3.63, 3.8) is 0 Å². The molecule has 1 aliphatic rings. The number of likely N-dealkylation sites (tertiary alicyclic amines) is 1. The minimum absolute atomic E-state index is 0.00939. The van der Waals surface area contributed by atoms with Crippen LogP contribution in [0.1, 0.15) is 42.4 Å². The highest BCUT2D eigenvalue weighted by Crippen LogP contribution is 2.17. The van der Waals surface area contributed by atoms with Gasteiger partial charge in [-0.25, -0.2) is 4.98 Å². The maximum atomic E-state index is 12.3. The zero-order valence-electron chi connectivity index (χ0n) is 14.1. The molecule has 124 valence electrons. The quantitative estimate of drug-likeness (QED) is 0.892. The maximum Gasteiger partial charge on any atom is 0.251 e. The number of fused-ring (bicyclic) bond motifs is 1. The molecule has 0 radical (unpaired) electrons. The number of H-pyrrole nitrogens is 1. The highest BCUT2D eigenvalue weighted by atomic mass is 16.1. The predicted molar refractivity (Wildman–Crippen MR) is 92.6 cm³/mol. The van der Waals surface area contributed by atoms with Crippen LogP contribution in [-0.2, 0) is 0 Å². The lowest BCUT2D eigenvalue weighted by Crippen LogP contribution is -2.38. The van der Waals surface area contributed by atoms with Gasteiger partial charge >= 0.3 is 0 Å². The highest BCUT2D eigenvalue weighted by Gasteiger charge is 2.19. The van der Waals surface area contributed by atoms with Crippen LogP contribution in [0.2, 0.25) is 0 Å². The zero-order valence-corrected chi connectivity index (χ0v) is 14.1. The maximum absolute atomic E-state index is 12.3. The summed E-state index contributed by atoms with van der Waals surface area (Å²) in [4.78, 5) is 22.4. The summed E-state index contributed by atoms with van der Waals surface area (Å²) in [5.74, 6) is 1.48. The van der Waals surface area contributed by atoms with Crippen LogP contribution in [0.4, 0.5) is 0 Å². The summed E-state index contributed by atoms with van der Waals surface area (Å²) >= 11 is 0. The van der Waals surface area contributed by atoms with Crippen molar-refractivity contribution in [2.45, 2.75) is 33.1 Å². The number of nitrogens with one attached hydrogen (secondary N) is 2. The standard InChI is InChI=1S/C18H26N4O/c1-3-8-22-9-6-14(7-10-22)12-19-18(23)15-4-5-16-17(11-15)21-13(2)20-16/h4-5,11,14H,3,6-10,12H2,1-2H3,(H,19,23)(H,20,21). The Morgan fingerprint density at radius 2 is 2.17 bits per heavy atom. The first-order valence-corrected chi connectivity index (χ1v) is 8.62. The van der Waals surface area contributed by atoms with Crippen LogP contribution in [0, 0.1) is 12.8 Å². The van der Waals surface area contributed by atoms with Crippen LogP contribution >= 0.6 is 0 Å². The Labute approximate surface area is 137 Å². The number of rotatable bonds is 5. The molecule has 0 spiro atoms. The predicted octanol–water partition coefficient (Wildman–Crippen LogP) is 2.72. The number of aryl methyl sites for hydroxylation is 1. The molecule has 2 heterocycles. The number of nitrogens with zero attached hydrogens (tertiary/aromatic N) is 2. The third-order valence-electron chi connectivity index (χ3n) is 4.66. The molecule has 1 amide bonds. The molecule has 2 N–H and O–H groups in total. The number of piperidine rings is 1. The average molecular weight is 314 g/mol. The lowest BCUT2D eigenvalue weighted by molar-refractivity contribution is 0.0936. The number of imidazole rings is 1. The van der Waals surface area contributed by atoms with Crippen LogP contribution in [0.3, 0.4) is 0 Å². The average Bonchev–Trinajstić information content (AvgIpc) is 2.93. The molecule has 5 nitrogen and oxygen atoms in total. The molecule has 1 saturated heterocycles. The number of amides is 1. The molecule has 0 bridgehead atoms. The smallest absolute Gasteiger partial charge is 0.251 e. The van der Waals surface area contributed by atoms with Crippen molar-refractivity contribution in [3.05, 3.63) is 29.6 Å². The van der Waals surface area contributed by atoms with Gasteiger partial charge in [0.1, 0.15) is 5.82 Å². The van der Waals surface area contributed by atoms with Gasteiger partial charge in [0.15, 0.2) is 0 Å². The van der Waals surface area contributed by atoms with E-state index in [4.69, 9.17) is 0 Å². The van der Waals surface area contributed by atoms with Crippen molar-refractivity contribution < 1.29 is 4.79 Å². The normalized spacial score (nSPS) is 16.8. The summed E-state index contributed by atoms with van der Waals surface area (Å²) in [5.41, 5.74) is 2.52. The van der Waals surface area contributed by atoms with Crippen molar-refractivity contribution in [3.8, 4) is 0 Å². The Morgan fingerprint density at radius 1 is 1.39 bits per heavy atom. The molecule has 3 rings (SSSR count). The van der Waals surface area contributed by atoms with Gasteiger partial charge in [0.2, 0.25) is 0 Å². The van der Waals surface area contributed by atoms with Gasteiger partial charge in [-0.1, -0.05) is 6.92 Å². The third-order valence-corrected chi connectivity index (χ3v) is 4.66. The SMILES string of the molecule is CCCN1CCC(CNC(=O)c2ccc3nc(C)[nH]c3c2)CC1. The minimum atomic E-state index is 0.00939. The molecule has 23 heavy (non-hydrogen) atoms. The van der Waals surface area contributed by atoms with Crippen LogP contribution in [0.15, 0.2) is 18.2 Å². The van der Waals surface area contributed by atoms with Crippen molar-refractivity contribution in [2.75, 3.05) is 26.2 Å². The molecule has 1 fully saturated rings. The van der Waals surface area contributed by atoms with Crippen molar-refractivity contribution in [1.29, 1.82) is 0 Å². The molecule has 1 aromatic carbocycles. The van der Waals surface area contributed by atoms with Gasteiger partial charge in [-0.2, -0.15) is 0 Å². The topological polar surface area (TPSA) is 61.0 Å². The minimum Gasteiger partial charge on any atom is -0.352 e. The summed E-state index contributed by atoms with van der Waals surface area (Å²) in [6.45, 7) is 8.44. The van der Waals surface area contributed by atoms with E-state index < -0.39 is 0 Å². The van der Waals surface area contributed by atoms with Gasteiger partial charge in [0, 0.05) is 12.1 Å². The Bertz CT molecular complexity index is 671. The summed E-state index contributed by atoms with van der Waals surface area (Å²) in [6.07, 6.45) is 3.58. The first kappa shape index (κ1) is 16.0. The fourth-order valence-electron chi connectivity index (χ4n) is 3.35. The fourth-order valence-corrected chi connectivity index (χ4v) is 3.35. The van der Waals surface area contributed by atoms with E-state index in [9.17, 15) is 4.79 Å². The van der Waals surface area contributed by atoms with Crippen LogP contribution in [-0.4, -0.2) is 47.0 Å². The lowest BCUT2D eigenvalue weighted by Gasteiger charge is -2.31. The van der Waals surface area contributed by atoms with E-state index in [0.29, 0.717) is 11.5 Å². The highest BCUT2D eigenvalue weighted by molar-refractivity contribution is 5.97. The molecular formula is C18H26N4O. The van der Waals surface area contributed by atoms with E-state index in [1.165, 1.54) is 25.8 Å². The second-order valence-electron chi connectivity index (χ2n) is 6.55. The van der Waals surface area contributed by atoms with E-state index in [-0.39, 0.29) is 5.91 Å².